The first-order chi connectivity index (χ1) is 6.83. The Morgan fingerprint density at radius 3 is 2.71 bits per heavy atom. The summed E-state index contributed by atoms with van der Waals surface area (Å²) in [6.07, 6.45) is 6.43. The maximum absolute atomic E-state index is 11.2. The normalized spacial score (nSPS) is 16.4. The van der Waals surface area contributed by atoms with Crippen LogP contribution >= 0.6 is 0 Å². The van der Waals surface area contributed by atoms with E-state index in [2.05, 4.69) is 17.6 Å². The highest BCUT2D eigenvalue weighted by molar-refractivity contribution is 5.77. The lowest BCUT2D eigenvalue weighted by atomic mass is 9.83. The van der Waals surface area contributed by atoms with Gasteiger partial charge in [-0.25, -0.2) is 0 Å². The Balaban J connectivity index is 1.84. The molecule has 1 saturated carbocycles. The second-order valence-corrected chi connectivity index (χ2v) is 4.11. The minimum atomic E-state index is 0.125. The zero-order chi connectivity index (χ0) is 10.2. The van der Waals surface area contributed by atoms with Gasteiger partial charge in [-0.1, -0.05) is 26.2 Å². The monoisotopic (exact) mass is 198 g/mol. The Morgan fingerprint density at radius 2 is 2.14 bits per heavy atom. The van der Waals surface area contributed by atoms with Crippen LogP contribution in [-0.4, -0.2) is 25.5 Å². The molecule has 0 aromatic heterocycles. The first kappa shape index (κ1) is 11.5. The predicted octanol–water partition coefficient (Wildman–Crippen LogP) is 1.29. The van der Waals surface area contributed by atoms with Gasteiger partial charge in [0.15, 0.2) is 0 Å². The third-order valence-electron chi connectivity index (χ3n) is 2.81. The van der Waals surface area contributed by atoms with E-state index in [4.69, 9.17) is 0 Å². The smallest absolute Gasteiger partial charge is 0.233 e. The molecule has 0 aromatic rings. The van der Waals surface area contributed by atoms with Crippen LogP contribution in [-0.2, 0) is 4.79 Å². The van der Waals surface area contributed by atoms with E-state index in [-0.39, 0.29) is 5.91 Å². The molecule has 1 aliphatic carbocycles. The maximum atomic E-state index is 11.2. The number of hydrogen-bond donors (Lipinski definition) is 2. The van der Waals surface area contributed by atoms with Crippen LogP contribution in [0.5, 0.6) is 0 Å². The molecule has 3 heteroatoms. The molecule has 1 rings (SSSR count). The largest absolute Gasteiger partial charge is 0.355 e. The van der Waals surface area contributed by atoms with E-state index in [1.54, 1.807) is 0 Å². The first-order valence-electron chi connectivity index (χ1n) is 5.80. The molecule has 14 heavy (non-hydrogen) atoms. The van der Waals surface area contributed by atoms with Crippen LogP contribution < -0.4 is 10.6 Å². The van der Waals surface area contributed by atoms with Crippen molar-refractivity contribution in [2.45, 2.75) is 39.0 Å². The Kier molecular flexibility index (Phi) is 5.60. The van der Waals surface area contributed by atoms with Gasteiger partial charge in [0, 0.05) is 6.54 Å². The van der Waals surface area contributed by atoms with E-state index in [1.165, 1.54) is 25.7 Å². The summed E-state index contributed by atoms with van der Waals surface area (Å²) in [6.45, 7) is 4.32. The molecule has 0 unspecified atom stereocenters. The van der Waals surface area contributed by atoms with E-state index >= 15 is 0 Å². The predicted molar refractivity (Wildman–Crippen MR) is 58.1 cm³/mol. The SMILES string of the molecule is CCCNC(=O)CNCCC1CCC1. The highest BCUT2D eigenvalue weighted by Crippen LogP contribution is 2.28. The Bertz CT molecular complexity index is 167. The quantitative estimate of drug-likeness (QED) is 0.605. The van der Waals surface area contributed by atoms with Crippen molar-refractivity contribution in [2.24, 2.45) is 5.92 Å². The van der Waals surface area contributed by atoms with E-state index in [0.717, 1.165) is 25.4 Å². The lowest BCUT2D eigenvalue weighted by Gasteiger charge is -2.25. The lowest BCUT2D eigenvalue weighted by Crippen LogP contribution is -2.35. The summed E-state index contributed by atoms with van der Waals surface area (Å²) in [5.41, 5.74) is 0. The molecule has 1 aliphatic rings. The van der Waals surface area contributed by atoms with Crippen LogP contribution in [0.3, 0.4) is 0 Å². The van der Waals surface area contributed by atoms with Gasteiger partial charge in [-0.2, -0.15) is 0 Å². The zero-order valence-electron chi connectivity index (χ0n) is 9.14. The number of carbonyl (C=O) groups excluding carboxylic acids is 1. The van der Waals surface area contributed by atoms with Gasteiger partial charge < -0.3 is 10.6 Å². The van der Waals surface area contributed by atoms with Gasteiger partial charge in [0.05, 0.1) is 6.54 Å². The molecule has 0 radical (unpaired) electrons. The molecule has 1 fully saturated rings. The highest BCUT2D eigenvalue weighted by Gasteiger charge is 2.16. The van der Waals surface area contributed by atoms with Gasteiger partial charge in [0.1, 0.15) is 0 Å². The van der Waals surface area contributed by atoms with Gasteiger partial charge in [0.25, 0.3) is 0 Å². The van der Waals surface area contributed by atoms with Crippen molar-refractivity contribution in [1.29, 1.82) is 0 Å². The minimum absolute atomic E-state index is 0.125. The fourth-order valence-corrected chi connectivity index (χ4v) is 1.62. The Labute approximate surface area is 86.6 Å². The Morgan fingerprint density at radius 1 is 1.36 bits per heavy atom. The summed E-state index contributed by atoms with van der Waals surface area (Å²) < 4.78 is 0. The van der Waals surface area contributed by atoms with Gasteiger partial charge in [0.2, 0.25) is 5.91 Å². The maximum Gasteiger partial charge on any atom is 0.233 e. The molecule has 0 bridgehead atoms. The standard InChI is InChI=1S/C11H22N2O/c1-2-7-13-11(14)9-12-8-6-10-4-3-5-10/h10,12H,2-9H2,1H3,(H,13,14). The van der Waals surface area contributed by atoms with Crippen molar-refractivity contribution in [3.8, 4) is 0 Å². The van der Waals surface area contributed by atoms with Crippen molar-refractivity contribution >= 4 is 5.91 Å². The van der Waals surface area contributed by atoms with Crippen molar-refractivity contribution in [3.05, 3.63) is 0 Å². The van der Waals surface area contributed by atoms with Gasteiger partial charge >= 0.3 is 0 Å². The van der Waals surface area contributed by atoms with Crippen LogP contribution in [0.25, 0.3) is 0 Å². The van der Waals surface area contributed by atoms with Gasteiger partial charge in [-0.05, 0) is 25.3 Å². The number of hydrogen-bond acceptors (Lipinski definition) is 2. The fraction of sp³-hybridized carbons (Fsp3) is 0.909. The average molecular weight is 198 g/mol. The van der Waals surface area contributed by atoms with E-state index in [0.29, 0.717) is 6.54 Å². The molecule has 0 aromatic carbocycles. The number of carbonyl (C=O) groups is 1. The first-order valence-corrected chi connectivity index (χ1v) is 5.80. The van der Waals surface area contributed by atoms with E-state index in [9.17, 15) is 4.79 Å². The summed E-state index contributed by atoms with van der Waals surface area (Å²) in [4.78, 5) is 11.2. The third-order valence-corrected chi connectivity index (χ3v) is 2.81. The van der Waals surface area contributed by atoms with Crippen LogP contribution in [0.15, 0.2) is 0 Å². The summed E-state index contributed by atoms with van der Waals surface area (Å²) in [7, 11) is 0. The van der Waals surface area contributed by atoms with E-state index < -0.39 is 0 Å². The lowest BCUT2D eigenvalue weighted by molar-refractivity contribution is -0.120. The Hall–Kier alpha value is -0.570. The number of rotatable bonds is 7. The molecular weight excluding hydrogens is 176 g/mol. The summed E-state index contributed by atoms with van der Waals surface area (Å²) >= 11 is 0. The molecule has 82 valence electrons. The van der Waals surface area contributed by atoms with Gasteiger partial charge in [-0.3, -0.25) is 4.79 Å². The van der Waals surface area contributed by atoms with Crippen LogP contribution in [0, 0.1) is 5.92 Å². The van der Waals surface area contributed by atoms with Crippen molar-refractivity contribution in [3.63, 3.8) is 0 Å². The molecular formula is C11H22N2O. The van der Waals surface area contributed by atoms with Crippen LogP contribution in [0.1, 0.15) is 39.0 Å². The van der Waals surface area contributed by atoms with Gasteiger partial charge in [-0.15, -0.1) is 0 Å². The summed E-state index contributed by atoms with van der Waals surface area (Å²) in [5, 5.41) is 6.03. The zero-order valence-corrected chi connectivity index (χ0v) is 9.14. The topological polar surface area (TPSA) is 41.1 Å². The number of amides is 1. The van der Waals surface area contributed by atoms with Crippen molar-refractivity contribution in [2.75, 3.05) is 19.6 Å². The molecule has 2 N–H and O–H groups in total. The summed E-state index contributed by atoms with van der Waals surface area (Å²) in [6, 6.07) is 0. The molecule has 0 saturated heterocycles. The van der Waals surface area contributed by atoms with Crippen LogP contribution in [0.4, 0.5) is 0 Å². The fourth-order valence-electron chi connectivity index (χ4n) is 1.62. The minimum Gasteiger partial charge on any atom is -0.355 e. The number of nitrogens with one attached hydrogen (secondary N) is 2. The molecule has 0 aliphatic heterocycles. The second kappa shape index (κ2) is 6.82. The van der Waals surface area contributed by atoms with Crippen molar-refractivity contribution in [1.82, 2.24) is 10.6 Å². The van der Waals surface area contributed by atoms with Crippen molar-refractivity contribution < 1.29 is 4.79 Å². The van der Waals surface area contributed by atoms with E-state index in [1.807, 2.05) is 0 Å². The van der Waals surface area contributed by atoms with Crippen LogP contribution in [0.2, 0.25) is 0 Å². The molecule has 0 heterocycles. The second-order valence-electron chi connectivity index (χ2n) is 4.11. The third kappa shape index (κ3) is 4.61. The molecule has 1 amide bonds. The molecule has 0 atom stereocenters. The molecule has 0 spiro atoms. The summed E-state index contributed by atoms with van der Waals surface area (Å²) in [5.74, 6) is 1.06. The molecule has 3 nitrogen and oxygen atoms in total. The highest BCUT2D eigenvalue weighted by atomic mass is 16.1. The average Bonchev–Trinajstić information content (AvgIpc) is 2.11.